The number of carbonyl (C=O) groups is 4. The molecule has 0 aliphatic carbocycles. The van der Waals surface area contributed by atoms with Crippen molar-refractivity contribution in [2.45, 2.75) is 24.9 Å². The first-order valence-corrected chi connectivity index (χ1v) is 12.9. The van der Waals surface area contributed by atoms with Crippen LogP contribution in [0.1, 0.15) is 23.1 Å². The molecule has 14 nitrogen and oxygen atoms in total. The number of amides is 2. The first kappa shape index (κ1) is 26.7. The van der Waals surface area contributed by atoms with E-state index >= 15 is 0 Å². The lowest BCUT2D eigenvalue weighted by molar-refractivity contribution is -0.687. The minimum atomic E-state index is -1.27. The molecule has 1 fully saturated rings. The third-order valence-electron chi connectivity index (χ3n) is 5.41. The predicted octanol–water partition coefficient (Wildman–Crippen LogP) is -0.158. The molecule has 16 heteroatoms. The summed E-state index contributed by atoms with van der Waals surface area (Å²) in [5, 5.41) is 24.7. The second-order valence-electron chi connectivity index (χ2n) is 7.84. The van der Waals surface area contributed by atoms with Gasteiger partial charge in [0, 0.05) is 29.4 Å². The molecule has 0 bridgehead atoms. The maximum absolute atomic E-state index is 13.0. The van der Waals surface area contributed by atoms with Crippen molar-refractivity contribution in [3.63, 3.8) is 0 Å². The number of anilines is 1. The highest BCUT2D eigenvalue weighted by Gasteiger charge is 2.54. The minimum absolute atomic E-state index is 0.0487. The van der Waals surface area contributed by atoms with E-state index in [9.17, 15) is 24.3 Å². The van der Waals surface area contributed by atoms with Gasteiger partial charge in [0.2, 0.25) is 11.5 Å². The van der Waals surface area contributed by atoms with Gasteiger partial charge in [-0.1, -0.05) is 11.2 Å². The van der Waals surface area contributed by atoms with Crippen molar-refractivity contribution in [2.24, 2.45) is 5.16 Å². The van der Waals surface area contributed by atoms with Gasteiger partial charge in [0.05, 0.1) is 5.56 Å². The van der Waals surface area contributed by atoms with Crippen molar-refractivity contribution in [1.82, 2.24) is 19.6 Å². The van der Waals surface area contributed by atoms with Crippen molar-refractivity contribution in [3.8, 4) is 0 Å². The standard InChI is InChI=1S/C22H21N7O7S2/c1-2-36-26-13(16-25-22(23)38-27-16)17(30)24-14-18(31)29-15(21(34)35)12(10-37-19(14)29)4-3-7-28-8-5-11(6-9-28)20(32)33/h3-6,8-9,14,19H,2,7,10H2,1H3,(H4-,23,24,25,27,30,32,33,34,35)/p+1/t14?,19-/m1/s1. The largest absolute Gasteiger partial charge is 0.478 e. The summed E-state index contributed by atoms with van der Waals surface area (Å²) in [4.78, 5) is 59.0. The van der Waals surface area contributed by atoms with Crippen LogP contribution in [0, 0.1) is 0 Å². The summed E-state index contributed by atoms with van der Waals surface area (Å²) in [7, 11) is 0. The van der Waals surface area contributed by atoms with Crippen LogP contribution in [-0.2, 0) is 25.8 Å². The number of aromatic carboxylic acids is 1. The number of carboxylic acids is 2. The van der Waals surface area contributed by atoms with E-state index in [2.05, 4.69) is 19.8 Å². The predicted molar refractivity (Wildman–Crippen MR) is 135 cm³/mol. The van der Waals surface area contributed by atoms with E-state index in [-0.39, 0.29) is 40.3 Å². The number of pyridine rings is 1. The number of nitrogen functional groups attached to an aromatic ring is 1. The van der Waals surface area contributed by atoms with Gasteiger partial charge in [-0.3, -0.25) is 14.5 Å². The molecule has 38 heavy (non-hydrogen) atoms. The van der Waals surface area contributed by atoms with E-state index < -0.39 is 35.2 Å². The van der Waals surface area contributed by atoms with Crippen LogP contribution in [0.5, 0.6) is 0 Å². The number of carbonyl (C=O) groups excluding carboxylic acids is 2. The number of allylic oxidation sites excluding steroid dienone is 2. The van der Waals surface area contributed by atoms with Crippen LogP contribution in [0.15, 0.2) is 53.1 Å². The average molecular weight is 561 g/mol. The van der Waals surface area contributed by atoms with Gasteiger partial charge in [-0.25, -0.2) is 14.2 Å². The third-order valence-corrected chi connectivity index (χ3v) is 7.26. The number of nitrogens with zero attached hydrogens (tertiary/aromatic N) is 5. The number of β-lactam (4-membered cyclic amide) rings is 1. The van der Waals surface area contributed by atoms with E-state index in [0.717, 1.165) is 16.4 Å². The molecule has 2 aliphatic rings. The molecule has 1 unspecified atom stereocenters. The van der Waals surface area contributed by atoms with Gasteiger partial charge in [0.25, 0.3) is 11.8 Å². The molecule has 4 rings (SSSR count). The van der Waals surface area contributed by atoms with Crippen LogP contribution in [0.3, 0.4) is 0 Å². The summed E-state index contributed by atoms with van der Waals surface area (Å²) in [6, 6.07) is 1.92. The molecule has 4 heterocycles. The maximum Gasteiger partial charge on any atom is 0.352 e. The Morgan fingerprint density at radius 3 is 2.66 bits per heavy atom. The Morgan fingerprint density at radius 1 is 1.32 bits per heavy atom. The van der Waals surface area contributed by atoms with Gasteiger partial charge in [0.15, 0.2) is 24.1 Å². The molecule has 198 valence electrons. The monoisotopic (exact) mass is 560 g/mol. The zero-order valence-corrected chi connectivity index (χ0v) is 21.4. The molecule has 0 aromatic carbocycles. The zero-order chi connectivity index (χ0) is 27.4. The van der Waals surface area contributed by atoms with Crippen LogP contribution < -0.4 is 15.6 Å². The van der Waals surface area contributed by atoms with Crippen LogP contribution in [0.4, 0.5) is 5.13 Å². The topological polar surface area (TPSA) is 201 Å². The summed E-state index contributed by atoms with van der Waals surface area (Å²) in [5.41, 5.74) is 5.77. The summed E-state index contributed by atoms with van der Waals surface area (Å²) < 4.78 is 5.68. The highest BCUT2D eigenvalue weighted by Crippen LogP contribution is 2.40. The Kier molecular flexibility index (Phi) is 8.02. The van der Waals surface area contributed by atoms with Gasteiger partial charge in [-0.05, 0) is 18.6 Å². The second-order valence-corrected chi connectivity index (χ2v) is 9.73. The number of nitrogens with one attached hydrogen (secondary N) is 1. The van der Waals surface area contributed by atoms with E-state index in [1.165, 1.54) is 23.9 Å². The molecule has 2 amide bonds. The number of aliphatic carboxylic acids is 1. The SMILES string of the molecule is CCON=C(C(=O)NC1C(=O)N2C(C(=O)O)=C(C=CC[n+]3ccc(C(=O)O)cc3)CS[C@H]12)c1nsc(N)n1. The minimum Gasteiger partial charge on any atom is -0.478 e. The molecule has 0 saturated carbocycles. The number of aromatic nitrogens is 3. The van der Waals surface area contributed by atoms with Gasteiger partial charge in [-0.15, -0.1) is 11.8 Å². The lowest BCUT2D eigenvalue weighted by Crippen LogP contribution is -2.71. The second kappa shape index (κ2) is 11.4. The Morgan fingerprint density at radius 2 is 2.05 bits per heavy atom. The van der Waals surface area contributed by atoms with Crippen molar-refractivity contribution in [1.29, 1.82) is 0 Å². The van der Waals surface area contributed by atoms with Crippen molar-refractivity contribution in [2.75, 3.05) is 18.1 Å². The first-order chi connectivity index (χ1) is 18.2. The number of thioether (sulfide) groups is 1. The van der Waals surface area contributed by atoms with E-state index in [1.807, 2.05) is 0 Å². The molecule has 2 aliphatic heterocycles. The number of carboxylic acid groups (broad SMARTS) is 2. The number of hydrogen-bond donors (Lipinski definition) is 4. The molecule has 0 radical (unpaired) electrons. The lowest BCUT2D eigenvalue weighted by Gasteiger charge is -2.49. The third kappa shape index (κ3) is 5.50. The molecule has 5 N–H and O–H groups in total. The fraction of sp³-hybridized carbons (Fsp3) is 0.273. The number of nitrogens with two attached hydrogens (primary N) is 1. The smallest absolute Gasteiger partial charge is 0.352 e. The molecular formula is C22H22N7O7S2+. The number of oxime groups is 1. The average Bonchev–Trinajstić information content (AvgIpc) is 3.32. The van der Waals surface area contributed by atoms with E-state index in [1.54, 1.807) is 36.0 Å². The maximum atomic E-state index is 13.0. The fourth-order valence-electron chi connectivity index (χ4n) is 3.66. The molecule has 0 spiro atoms. The summed E-state index contributed by atoms with van der Waals surface area (Å²) in [6.45, 7) is 2.21. The summed E-state index contributed by atoms with van der Waals surface area (Å²) >= 11 is 2.17. The van der Waals surface area contributed by atoms with Crippen LogP contribution in [0.2, 0.25) is 0 Å². The van der Waals surface area contributed by atoms with Crippen LogP contribution in [0.25, 0.3) is 0 Å². The molecule has 2 aromatic rings. The molecule has 2 atom stereocenters. The van der Waals surface area contributed by atoms with Gasteiger partial charge in [-0.2, -0.15) is 9.36 Å². The van der Waals surface area contributed by atoms with Gasteiger partial charge in [0.1, 0.15) is 23.7 Å². The molecule has 1 saturated heterocycles. The first-order valence-electron chi connectivity index (χ1n) is 11.1. The molecule has 2 aromatic heterocycles. The Labute approximate surface area is 223 Å². The zero-order valence-electron chi connectivity index (χ0n) is 19.8. The summed E-state index contributed by atoms with van der Waals surface area (Å²) in [6.07, 6.45) is 6.52. The normalized spacial score (nSPS) is 19.2. The molecular weight excluding hydrogens is 538 g/mol. The highest BCUT2D eigenvalue weighted by atomic mass is 32.2. The van der Waals surface area contributed by atoms with Crippen LogP contribution in [-0.4, -0.2) is 77.7 Å². The van der Waals surface area contributed by atoms with Crippen molar-refractivity contribution in [3.05, 3.63) is 59.3 Å². The number of fused-ring (bicyclic) bond motifs is 1. The fourth-order valence-corrected chi connectivity index (χ4v) is 5.42. The van der Waals surface area contributed by atoms with E-state index in [4.69, 9.17) is 15.7 Å². The summed E-state index contributed by atoms with van der Waals surface area (Å²) in [5.74, 6) is -3.41. The number of hydrogen-bond acceptors (Lipinski definition) is 11. The van der Waals surface area contributed by atoms with Crippen molar-refractivity contribution >= 4 is 57.9 Å². The number of rotatable bonds is 10. The highest BCUT2D eigenvalue weighted by molar-refractivity contribution is 8.00. The van der Waals surface area contributed by atoms with Gasteiger partial charge >= 0.3 is 11.9 Å². The Bertz CT molecular complexity index is 1370. The Hall–Kier alpha value is -4.31. The lowest BCUT2D eigenvalue weighted by atomic mass is 10.0. The van der Waals surface area contributed by atoms with Crippen LogP contribution >= 0.6 is 23.3 Å². The van der Waals surface area contributed by atoms with Gasteiger partial charge < -0.3 is 26.1 Å². The van der Waals surface area contributed by atoms with E-state index in [0.29, 0.717) is 12.1 Å². The van der Waals surface area contributed by atoms with Crippen molar-refractivity contribution < 1.29 is 38.8 Å². The quantitative estimate of drug-likeness (QED) is 0.130. The Balaban J connectivity index is 1.47.